The largest absolute Gasteiger partial charge is 0.481 e. The van der Waals surface area contributed by atoms with Crippen molar-refractivity contribution >= 4 is 12.0 Å². The zero-order valence-corrected chi connectivity index (χ0v) is 8.23. The SMILES string of the molecule is Cc1cccc(C=CCCC(=O)O)c1. The van der Waals surface area contributed by atoms with Crippen LogP contribution in [0.2, 0.25) is 0 Å². The summed E-state index contributed by atoms with van der Waals surface area (Å²) in [7, 11) is 0. The number of benzene rings is 1. The zero-order chi connectivity index (χ0) is 10.4. The third-order valence-corrected chi connectivity index (χ3v) is 1.88. The van der Waals surface area contributed by atoms with Gasteiger partial charge in [-0.05, 0) is 18.9 Å². The van der Waals surface area contributed by atoms with E-state index in [-0.39, 0.29) is 6.42 Å². The molecule has 1 N–H and O–H groups in total. The number of carbonyl (C=O) groups is 1. The first-order valence-electron chi connectivity index (χ1n) is 4.63. The van der Waals surface area contributed by atoms with Crippen molar-refractivity contribution in [3.63, 3.8) is 0 Å². The van der Waals surface area contributed by atoms with Gasteiger partial charge in [0.2, 0.25) is 0 Å². The molecular formula is C12H14O2. The van der Waals surface area contributed by atoms with Crippen LogP contribution in [0.15, 0.2) is 30.3 Å². The van der Waals surface area contributed by atoms with Crippen LogP contribution in [0, 0.1) is 6.92 Å². The predicted octanol–water partition coefficient (Wildman–Crippen LogP) is 2.87. The molecule has 0 saturated heterocycles. The van der Waals surface area contributed by atoms with Crippen molar-refractivity contribution in [2.24, 2.45) is 0 Å². The number of allylic oxidation sites excluding steroid dienone is 1. The second-order valence-corrected chi connectivity index (χ2v) is 3.25. The Bertz CT molecular complexity index is 340. The summed E-state index contributed by atoms with van der Waals surface area (Å²) in [6.07, 6.45) is 4.63. The summed E-state index contributed by atoms with van der Waals surface area (Å²) in [5, 5.41) is 8.42. The Labute approximate surface area is 83.9 Å². The van der Waals surface area contributed by atoms with Crippen LogP contribution >= 0.6 is 0 Å². The molecule has 1 rings (SSSR count). The zero-order valence-electron chi connectivity index (χ0n) is 8.23. The molecule has 0 aliphatic heterocycles. The molecule has 0 amide bonds. The minimum absolute atomic E-state index is 0.197. The van der Waals surface area contributed by atoms with Crippen LogP contribution in [0.5, 0.6) is 0 Å². The molecule has 0 radical (unpaired) electrons. The van der Waals surface area contributed by atoms with Gasteiger partial charge in [-0.25, -0.2) is 0 Å². The highest BCUT2D eigenvalue weighted by molar-refractivity contribution is 5.67. The van der Waals surface area contributed by atoms with Gasteiger partial charge in [-0.2, -0.15) is 0 Å². The highest BCUT2D eigenvalue weighted by Gasteiger charge is 1.92. The summed E-state index contributed by atoms with van der Waals surface area (Å²) in [4.78, 5) is 10.2. The van der Waals surface area contributed by atoms with Crippen LogP contribution in [0.1, 0.15) is 24.0 Å². The lowest BCUT2D eigenvalue weighted by Crippen LogP contribution is -1.91. The number of hydrogen-bond acceptors (Lipinski definition) is 1. The summed E-state index contributed by atoms with van der Waals surface area (Å²) in [6, 6.07) is 8.10. The standard InChI is InChI=1S/C12H14O2/c1-10-5-4-7-11(9-10)6-2-3-8-12(13)14/h2,4-7,9H,3,8H2,1H3,(H,13,14). The van der Waals surface area contributed by atoms with Crippen molar-refractivity contribution in [3.8, 4) is 0 Å². The lowest BCUT2D eigenvalue weighted by molar-refractivity contribution is -0.136. The van der Waals surface area contributed by atoms with Crippen LogP contribution in [-0.4, -0.2) is 11.1 Å². The van der Waals surface area contributed by atoms with E-state index in [1.165, 1.54) is 5.56 Å². The molecule has 1 aromatic rings. The van der Waals surface area contributed by atoms with Crippen molar-refractivity contribution in [1.29, 1.82) is 0 Å². The van der Waals surface area contributed by atoms with Crippen molar-refractivity contribution in [3.05, 3.63) is 41.5 Å². The Hall–Kier alpha value is -1.57. The van der Waals surface area contributed by atoms with Gasteiger partial charge in [0.25, 0.3) is 0 Å². The quantitative estimate of drug-likeness (QED) is 0.792. The summed E-state index contributed by atoms with van der Waals surface area (Å²) < 4.78 is 0. The van der Waals surface area contributed by atoms with Crippen molar-refractivity contribution in [1.82, 2.24) is 0 Å². The maximum absolute atomic E-state index is 10.2. The average Bonchev–Trinajstić information content (AvgIpc) is 2.12. The number of carboxylic acids is 1. The van der Waals surface area contributed by atoms with Gasteiger partial charge in [-0.15, -0.1) is 0 Å². The summed E-state index contributed by atoms with van der Waals surface area (Å²) >= 11 is 0. The Kier molecular flexibility index (Phi) is 3.92. The van der Waals surface area contributed by atoms with E-state index in [9.17, 15) is 4.79 Å². The smallest absolute Gasteiger partial charge is 0.303 e. The van der Waals surface area contributed by atoms with E-state index in [0.29, 0.717) is 6.42 Å². The molecule has 0 aliphatic rings. The molecule has 0 atom stereocenters. The summed E-state index contributed by atoms with van der Waals surface area (Å²) in [5.41, 5.74) is 2.33. The second kappa shape index (κ2) is 5.22. The van der Waals surface area contributed by atoms with Gasteiger partial charge in [0.05, 0.1) is 0 Å². The van der Waals surface area contributed by atoms with Crippen molar-refractivity contribution < 1.29 is 9.90 Å². The van der Waals surface area contributed by atoms with Gasteiger partial charge < -0.3 is 5.11 Å². The molecule has 0 unspecified atom stereocenters. The van der Waals surface area contributed by atoms with Crippen LogP contribution in [0.3, 0.4) is 0 Å². The number of carboxylic acid groups (broad SMARTS) is 1. The van der Waals surface area contributed by atoms with E-state index in [1.807, 2.05) is 37.3 Å². The van der Waals surface area contributed by atoms with Gasteiger partial charge in [0.1, 0.15) is 0 Å². The first-order chi connectivity index (χ1) is 6.68. The maximum Gasteiger partial charge on any atom is 0.303 e. The first kappa shape index (κ1) is 10.5. The lowest BCUT2D eigenvalue weighted by Gasteiger charge is -1.94. The van der Waals surface area contributed by atoms with Crippen LogP contribution in [0.4, 0.5) is 0 Å². The molecule has 0 aliphatic carbocycles. The van der Waals surface area contributed by atoms with Crippen LogP contribution in [-0.2, 0) is 4.79 Å². The fourth-order valence-corrected chi connectivity index (χ4v) is 1.20. The summed E-state index contributed by atoms with van der Waals surface area (Å²) in [5.74, 6) is -0.751. The Morgan fingerprint density at radius 3 is 2.93 bits per heavy atom. The minimum Gasteiger partial charge on any atom is -0.481 e. The van der Waals surface area contributed by atoms with Gasteiger partial charge in [0, 0.05) is 6.42 Å². The molecule has 0 aromatic heterocycles. The van der Waals surface area contributed by atoms with Gasteiger partial charge in [-0.3, -0.25) is 4.79 Å². The molecule has 0 fully saturated rings. The monoisotopic (exact) mass is 190 g/mol. The van der Waals surface area contributed by atoms with Gasteiger partial charge in [0.15, 0.2) is 0 Å². The molecule has 2 nitrogen and oxygen atoms in total. The number of aliphatic carboxylic acids is 1. The number of rotatable bonds is 4. The van der Waals surface area contributed by atoms with E-state index >= 15 is 0 Å². The van der Waals surface area contributed by atoms with Gasteiger partial charge in [-0.1, -0.05) is 42.0 Å². The van der Waals surface area contributed by atoms with E-state index in [4.69, 9.17) is 5.11 Å². The Morgan fingerprint density at radius 2 is 2.29 bits per heavy atom. The minimum atomic E-state index is -0.751. The molecule has 1 aromatic carbocycles. The first-order valence-corrected chi connectivity index (χ1v) is 4.63. The van der Waals surface area contributed by atoms with E-state index in [1.54, 1.807) is 0 Å². The fourth-order valence-electron chi connectivity index (χ4n) is 1.20. The lowest BCUT2D eigenvalue weighted by atomic mass is 10.1. The highest BCUT2D eigenvalue weighted by Crippen LogP contribution is 2.06. The highest BCUT2D eigenvalue weighted by atomic mass is 16.4. The van der Waals surface area contributed by atoms with Crippen molar-refractivity contribution in [2.75, 3.05) is 0 Å². The molecule has 2 heteroatoms. The Balaban J connectivity index is 2.47. The van der Waals surface area contributed by atoms with E-state index in [0.717, 1.165) is 5.56 Å². The molecule has 74 valence electrons. The normalized spacial score (nSPS) is 10.6. The third kappa shape index (κ3) is 3.90. The summed E-state index contributed by atoms with van der Waals surface area (Å²) in [6.45, 7) is 2.04. The third-order valence-electron chi connectivity index (χ3n) is 1.88. The molecule has 0 bridgehead atoms. The van der Waals surface area contributed by atoms with Gasteiger partial charge >= 0.3 is 5.97 Å². The predicted molar refractivity (Wildman–Crippen MR) is 57.1 cm³/mol. The molecule has 0 spiro atoms. The number of aryl methyl sites for hydroxylation is 1. The fraction of sp³-hybridized carbons (Fsp3) is 0.250. The molecule has 14 heavy (non-hydrogen) atoms. The molecule has 0 heterocycles. The Morgan fingerprint density at radius 1 is 1.50 bits per heavy atom. The van der Waals surface area contributed by atoms with Crippen LogP contribution in [0.25, 0.3) is 6.08 Å². The van der Waals surface area contributed by atoms with E-state index < -0.39 is 5.97 Å². The topological polar surface area (TPSA) is 37.3 Å². The molecule has 0 saturated carbocycles. The van der Waals surface area contributed by atoms with Crippen molar-refractivity contribution in [2.45, 2.75) is 19.8 Å². The molecular weight excluding hydrogens is 176 g/mol. The second-order valence-electron chi connectivity index (χ2n) is 3.25. The van der Waals surface area contributed by atoms with E-state index in [2.05, 4.69) is 6.07 Å². The maximum atomic E-state index is 10.2. The average molecular weight is 190 g/mol. The van der Waals surface area contributed by atoms with Crippen LogP contribution < -0.4 is 0 Å². The number of hydrogen-bond donors (Lipinski definition) is 1.